The number of rotatable bonds is 7. The van der Waals surface area contributed by atoms with E-state index in [1.165, 1.54) is 0 Å². The van der Waals surface area contributed by atoms with Crippen LogP contribution in [-0.2, 0) is 0 Å². The van der Waals surface area contributed by atoms with E-state index in [-0.39, 0.29) is 0 Å². The van der Waals surface area contributed by atoms with Crippen molar-refractivity contribution in [3.05, 3.63) is 52.5 Å². The number of hydrogen-bond donors (Lipinski definition) is 0. The Balaban J connectivity index is 2.34. The highest BCUT2D eigenvalue weighted by Crippen LogP contribution is 2.39. The molecule has 0 N–H and O–H groups in total. The maximum atomic E-state index is 6.38. The van der Waals surface area contributed by atoms with Gasteiger partial charge in [-0.15, -0.1) is 0 Å². The van der Waals surface area contributed by atoms with E-state index in [1.807, 2.05) is 36.4 Å². The van der Waals surface area contributed by atoms with Crippen molar-refractivity contribution >= 4 is 28.9 Å². The van der Waals surface area contributed by atoms with Gasteiger partial charge in [-0.05, 0) is 49.2 Å². The van der Waals surface area contributed by atoms with Crippen molar-refractivity contribution in [1.82, 2.24) is 0 Å². The summed E-state index contributed by atoms with van der Waals surface area (Å²) in [5.41, 5.74) is 1.03. The van der Waals surface area contributed by atoms with E-state index in [4.69, 9.17) is 27.9 Å². The van der Waals surface area contributed by atoms with Gasteiger partial charge in [0.15, 0.2) is 5.75 Å². The number of nitrogens with zero attached hydrogens (tertiary/aromatic N) is 1. The Kier molecular flexibility index (Phi) is 6.41. The molecule has 0 aromatic heterocycles. The highest BCUT2D eigenvalue weighted by Gasteiger charge is 2.15. The second-order valence-electron chi connectivity index (χ2n) is 5.13. The third kappa shape index (κ3) is 4.31. The minimum atomic E-state index is 0.615. The van der Waals surface area contributed by atoms with E-state index in [1.54, 1.807) is 0 Å². The van der Waals surface area contributed by atoms with Gasteiger partial charge < -0.3 is 9.64 Å². The van der Waals surface area contributed by atoms with Crippen molar-refractivity contribution in [1.29, 1.82) is 0 Å². The molecule has 2 aromatic rings. The molecule has 0 aliphatic carbocycles. The monoisotopic (exact) mass is 337 g/mol. The fraction of sp³-hybridized carbons (Fsp3) is 0.333. The number of ether oxygens (including phenoxy) is 1. The molecular weight excluding hydrogens is 317 g/mol. The minimum absolute atomic E-state index is 0.615. The molecule has 0 radical (unpaired) electrons. The van der Waals surface area contributed by atoms with E-state index in [2.05, 4.69) is 24.8 Å². The molecule has 0 atom stereocenters. The van der Waals surface area contributed by atoms with Crippen LogP contribution in [0.3, 0.4) is 0 Å². The number of para-hydroxylation sites is 1. The highest BCUT2D eigenvalue weighted by molar-refractivity contribution is 6.32. The standard InChI is InChI=1S/C18H21Cl2NO/c1-3-12-21(13-4-2)17-7-5-6-16(20)18(17)22-15-10-8-14(19)9-11-15/h5-11H,3-4,12-13H2,1-2H3. The molecule has 118 valence electrons. The first-order valence-electron chi connectivity index (χ1n) is 7.62. The Hall–Kier alpha value is -1.38. The van der Waals surface area contributed by atoms with Crippen LogP contribution in [0.2, 0.25) is 10.0 Å². The van der Waals surface area contributed by atoms with Crippen LogP contribution in [0.1, 0.15) is 26.7 Å². The molecule has 2 aromatic carbocycles. The molecule has 4 heteroatoms. The lowest BCUT2D eigenvalue weighted by Crippen LogP contribution is -2.25. The van der Waals surface area contributed by atoms with Crippen molar-refractivity contribution in [3.63, 3.8) is 0 Å². The molecule has 0 saturated heterocycles. The summed E-state index contributed by atoms with van der Waals surface area (Å²) >= 11 is 12.3. The molecular formula is C18H21Cl2NO. The predicted octanol–water partition coefficient (Wildman–Crippen LogP) is 6.41. The highest BCUT2D eigenvalue weighted by atomic mass is 35.5. The number of hydrogen-bond acceptors (Lipinski definition) is 2. The van der Waals surface area contributed by atoms with E-state index in [0.29, 0.717) is 15.8 Å². The van der Waals surface area contributed by atoms with Crippen LogP contribution in [0.15, 0.2) is 42.5 Å². The molecule has 0 aliphatic rings. The zero-order chi connectivity index (χ0) is 15.9. The molecule has 0 unspecified atom stereocenters. The quantitative estimate of drug-likeness (QED) is 0.578. The van der Waals surface area contributed by atoms with Gasteiger partial charge in [0.1, 0.15) is 5.75 Å². The molecule has 2 nitrogen and oxygen atoms in total. The molecule has 2 rings (SSSR count). The van der Waals surface area contributed by atoms with Crippen LogP contribution in [-0.4, -0.2) is 13.1 Å². The molecule has 22 heavy (non-hydrogen) atoms. The Morgan fingerprint density at radius 3 is 2.14 bits per heavy atom. The topological polar surface area (TPSA) is 12.5 Å². The second-order valence-corrected chi connectivity index (χ2v) is 5.97. The maximum Gasteiger partial charge on any atom is 0.169 e. The van der Waals surface area contributed by atoms with Crippen molar-refractivity contribution < 1.29 is 4.74 Å². The van der Waals surface area contributed by atoms with E-state index in [9.17, 15) is 0 Å². The van der Waals surface area contributed by atoms with Crippen molar-refractivity contribution in [2.45, 2.75) is 26.7 Å². The van der Waals surface area contributed by atoms with Crippen LogP contribution in [0, 0.1) is 0 Å². The molecule has 0 aliphatic heterocycles. The zero-order valence-corrected chi connectivity index (χ0v) is 14.5. The summed E-state index contributed by atoms with van der Waals surface area (Å²) < 4.78 is 6.04. The molecule has 0 heterocycles. The van der Waals surface area contributed by atoms with E-state index >= 15 is 0 Å². The summed E-state index contributed by atoms with van der Waals surface area (Å²) in [7, 11) is 0. The van der Waals surface area contributed by atoms with Gasteiger partial charge >= 0.3 is 0 Å². The van der Waals surface area contributed by atoms with Crippen LogP contribution in [0.25, 0.3) is 0 Å². The molecule has 0 fully saturated rings. The van der Waals surface area contributed by atoms with Gasteiger partial charge in [0.05, 0.1) is 10.7 Å². The Labute approximate surface area is 142 Å². The SMILES string of the molecule is CCCN(CCC)c1cccc(Cl)c1Oc1ccc(Cl)cc1. The Bertz CT molecular complexity index is 593. The minimum Gasteiger partial charge on any atom is -0.454 e. The number of halogens is 2. The second kappa shape index (κ2) is 8.30. The smallest absolute Gasteiger partial charge is 0.169 e. The first-order valence-corrected chi connectivity index (χ1v) is 8.38. The summed E-state index contributed by atoms with van der Waals surface area (Å²) in [5, 5.41) is 1.30. The lowest BCUT2D eigenvalue weighted by atomic mass is 10.2. The van der Waals surface area contributed by atoms with Gasteiger partial charge in [-0.1, -0.05) is 43.1 Å². The molecule has 0 spiro atoms. The molecule has 0 bridgehead atoms. The summed E-state index contributed by atoms with van der Waals surface area (Å²) in [6, 6.07) is 13.2. The van der Waals surface area contributed by atoms with Gasteiger partial charge in [-0.2, -0.15) is 0 Å². The lowest BCUT2D eigenvalue weighted by Gasteiger charge is -2.26. The van der Waals surface area contributed by atoms with Crippen LogP contribution >= 0.6 is 23.2 Å². The van der Waals surface area contributed by atoms with Gasteiger partial charge in [-0.3, -0.25) is 0 Å². The van der Waals surface area contributed by atoms with Gasteiger partial charge in [0.2, 0.25) is 0 Å². The van der Waals surface area contributed by atoms with Gasteiger partial charge in [0, 0.05) is 18.1 Å². The summed E-state index contributed by atoms with van der Waals surface area (Å²) in [6.07, 6.45) is 2.15. The van der Waals surface area contributed by atoms with Gasteiger partial charge in [-0.25, -0.2) is 0 Å². The summed E-state index contributed by atoms with van der Waals surface area (Å²) in [5.74, 6) is 1.43. The van der Waals surface area contributed by atoms with Crippen LogP contribution in [0.4, 0.5) is 5.69 Å². The lowest BCUT2D eigenvalue weighted by molar-refractivity contribution is 0.481. The van der Waals surface area contributed by atoms with E-state index < -0.39 is 0 Å². The molecule has 0 amide bonds. The largest absolute Gasteiger partial charge is 0.454 e. The summed E-state index contributed by atoms with van der Waals surface area (Å²) in [4.78, 5) is 2.32. The first-order chi connectivity index (χ1) is 10.7. The number of anilines is 1. The average molecular weight is 338 g/mol. The average Bonchev–Trinajstić information content (AvgIpc) is 2.51. The summed E-state index contributed by atoms with van der Waals surface area (Å²) in [6.45, 7) is 6.30. The first kappa shape index (κ1) is 17.0. The van der Waals surface area contributed by atoms with Crippen LogP contribution in [0.5, 0.6) is 11.5 Å². The maximum absolute atomic E-state index is 6.38. The van der Waals surface area contributed by atoms with Crippen molar-refractivity contribution in [3.8, 4) is 11.5 Å². The zero-order valence-electron chi connectivity index (χ0n) is 13.0. The fourth-order valence-corrected chi connectivity index (χ4v) is 2.69. The predicted molar refractivity (Wildman–Crippen MR) is 95.8 cm³/mol. The van der Waals surface area contributed by atoms with Gasteiger partial charge in [0.25, 0.3) is 0 Å². The number of benzene rings is 2. The third-order valence-corrected chi connectivity index (χ3v) is 3.86. The Morgan fingerprint density at radius 2 is 1.55 bits per heavy atom. The fourth-order valence-electron chi connectivity index (χ4n) is 2.36. The van der Waals surface area contributed by atoms with Crippen LogP contribution < -0.4 is 9.64 Å². The van der Waals surface area contributed by atoms with E-state index in [0.717, 1.165) is 37.4 Å². The van der Waals surface area contributed by atoms with Crippen molar-refractivity contribution in [2.24, 2.45) is 0 Å². The third-order valence-electron chi connectivity index (χ3n) is 3.31. The molecule has 0 saturated carbocycles. The normalized spacial score (nSPS) is 10.5. The van der Waals surface area contributed by atoms with Crippen molar-refractivity contribution in [2.75, 3.05) is 18.0 Å². The Morgan fingerprint density at radius 1 is 0.909 bits per heavy atom.